The van der Waals surface area contributed by atoms with Crippen molar-refractivity contribution in [3.63, 3.8) is 0 Å². The van der Waals surface area contributed by atoms with Gasteiger partial charge in [0.15, 0.2) is 16.9 Å². The molecule has 9 aliphatic rings. The molecule has 3 saturated heterocycles. The minimum Gasteiger partial charge on any atom is -0.485 e. The SMILES string of the molecule is CCOC(=O)CCc1cc2ccoc2c2c1O[C@@H]1O[C@@]3(CSS[C@@]45C[C@@H](CSSC[C@@H](CC[C@@H]3O)[C@H](C)CC[C@@H]4NCCO2)[C@]2(CC[C@@H](CNC)C2)[C@H]5CC[C@@]2(O)CCC[C@H](CNC)C2)[C@]2(O)C[C@@H]3C=C[C@H](O)[C@@H](CO)[C@@H]3[C@@]1(O)[C@H]2O. The van der Waals surface area contributed by atoms with Gasteiger partial charge in [-0.1, -0.05) is 68.7 Å². The number of fused-ring (bicyclic) bond motifs is 16. The van der Waals surface area contributed by atoms with E-state index in [1.54, 1.807) is 36.1 Å². The van der Waals surface area contributed by atoms with Gasteiger partial charge in [-0.2, -0.15) is 0 Å². The second-order valence-corrected chi connectivity index (χ2v) is 31.6. The van der Waals surface area contributed by atoms with E-state index >= 15 is 0 Å². The Balaban J connectivity index is 1.12. The van der Waals surface area contributed by atoms with Crippen LogP contribution in [0.4, 0.5) is 0 Å². The van der Waals surface area contributed by atoms with Gasteiger partial charge in [0, 0.05) is 64.8 Å². The highest BCUT2D eigenvalue weighted by Gasteiger charge is 2.78. The van der Waals surface area contributed by atoms with E-state index < -0.39 is 82.1 Å². The number of furan rings is 1. The summed E-state index contributed by atoms with van der Waals surface area (Å²) < 4.78 is 33.0. The standard InChI is InChI=1S/C61H93N3O13S4/c1-5-73-49(68)15-11-39-25-40-18-23-74-51(40)53-52(39)76-55-61(72)50-41(9-12-45(66)44(50)32-65)28-59(71,54(61)69)60(77-55)35-80-81-58-29-43(34-79-78-33-42(10-14-48(60)67)36(2)8-13-47(58)64-22-24-75-53)57(21-16-38(27-57)31-63-4)46(58)17-20-56(70)19-6-7-37(26-56)30-62-3/h9,12,18,23,25,36-38,41-48,50,54-55,62-67,69-72H,5-8,10-11,13-17,19-22,24,26-35H2,1-4H3/t36-,37+,38-,41+,42-,43+,44-,45+,46-,47+,48+,50-,54+,55-,56+,57-,58-,59+,60-,61-/m1/s1. The second-order valence-electron chi connectivity index (χ2n) is 26.4. The van der Waals surface area contributed by atoms with Crippen LogP contribution >= 0.6 is 43.2 Å². The van der Waals surface area contributed by atoms with Crippen molar-refractivity contribution < 1.29 is 63.9 Å². The van der Waals surface area contributed by atoms with E-state index in [1.807, 2.05) is 51.6 Å². The molecule has 4 aliphatic heterocycles. The van der Waals surface area contributed by atoms with Crippen molar-refractivity contribution in [1.82, 2.24) is 16.0 Å². The fourth-order valence-electron chi connectivity index (χ4n) is 18.1. The lowest BCUT2D eigenvalue weighted by Gasteiger charge is -2.67. The Bertz CT molecular complexity index is 2530. The third-order valence-electron chi connectivity index (χ3n) is 22.1. The molecular weight excluding hydrogens is 1110 g/mol. The average Bonchev–Trinajstić information content (AvgIpc) is 1.59. The number of rotatable bonds is 12. The number of hydrogen-bond acceptors (Lipinski definition) is 20. The molecule has 2 aromatic rings. The first-order chi connectivity index (χ1) is 39.0. The van der Waals surface area contributed by atoms with E-state index in [0.29, 0.717) is 53.7 Å². The van der Waals surface area contributed by atoms with Crippen LogP contribution in [0.15, 0.2) is 35.0 Å². The first kappa shape index (κ1) is 61.2. The number of aliphatic hydroxyl groups excluding tert-OH is 4. The molecule has 8 bridgehead atoms. The van der Waals surface area contributed by atoms with Crippen molar-refractivity contribution in [1.29, 1.82) is 0 Å². The van der Waals surface area contributed by atoms with Crippen LogP contribution in [0.1, 0.15) is 122 Å². The van der Waals surface area contributed by atoms with Crippen LogP contribution in [0.2, 0.25) is 0 Å². The molecule has 16 nitrogen and oxygen atoms in total. The number of aliphatic hydroxyl groups is 7. The van der Waals surface area contributed by atoms with Gasteiger partial charge >= 0.3 is 5.97 Å². The largest absolute Gasteiger partial charge is 0.485 e. The fraction of sp³-hybridized carbons (Fsp3) is 0.820. The predicted molar refractivity (Wildman–Crippen MR) is 320 cm³/mol. The van der Waals surface area contributed by atoms with E-state index in [9.17, 15) is 40.5 Å². The molecule has 20 heteroatoms. The molecule has 0 unspecified atom stereocenters. The van der Waals surface area contributed by atoms with E-state index in [-0.39, 0.29) is 85.4 Å². The molecule has 0 radical (unpaired) electrons. The summed E-state index contributed by atoms with van der Waals surface area (Å²) in [6.07, 6.45) is 10.6. The molecule has 20 atom stereocenters. The average molecular weight is 1200 g/mol. The summed E-state index contributed by atoms with van der Waals surface area (Å²) in [4.78, 5) is 13.2. The Morgan fingerprint density at radius 3 is 2.51 bits per heavy atom. The Hall–Kier alpha value is -1.47. The van der Waals surface area contributed by atoms with E-state index in [0.717, 1.165) is 95.2 Å². The summed E-state index contributed by atoms with van der Waals surface area (Å²) in [6.45, 7) is 6.22. The summed E-state index contributed by atoms with van der Waals surface area (Å²) in [5.41, 5.74) is -6.72. The molecule has 10 N–H and O–H groups in total. The number of hydrogen-bond donors (Lipinski definition) is 10. The first-order valence-electron chi connectivity index (χ1n) is 30.8. The fourth-order valence-corrected chi connectivity index (χ4v) is 25.4. The number of nitrogens with one attached hydrogen (secondary N) is 3. The molecule has 454 valence electrons. The highest BCUT2D eigenvalue weighted by Crippen LogP contribution is 2.72. The number of aryl methyl sites for hydroxylation is 1. The Kier molecular flexibility index (Phi) is 18.9. The lowest BCUT2D eigenvalue weighted by molar-refractivity contribution is -0.424. The topological polar surface area (TPSA) is 245 Å². The third kappa shape index (κ3) is 11.0. The molecule has 5 heterocycles. The summed E-state index contributed by atoms with van der Waals surface area (Å²) in [7, 11) is 11.5. The zero-order chi connectivity index (χ0) is 57.0. The molecule has 4 saturated carbocycles. The number of esters is 1. The van der Waals surface area contributed by atoms with Crippen molar-refractivity contribution >= 4 is 60.1 Å². The Labute approximate surface area is 495 Å². The quantitative estimate of drug-likeness (QED) is 0.0583. The van der Waals surface area contributed by atoms with Gasteiger partial charge in [0.05, 0.1) is 30.7 Å². The monoisotopic (exact) mass is 1200 g/mol. The normalized spacial score (nSPS) is 44.5. The zero-order valence-electron chi connectivity index (χ0n) is 48.1. The molecule has 7 fully saturated rings. The van der Waals surface area contributed by atoms with Crippen LogP contribution in [0.25, 0.3) is 11.0 Å². The van der Waals surface area contributed by atoms with Gasteiger partial charge in [-0.05, 0) is 195 Å². The molecule has 5 aliphatic carbocycles. The molecule has 1 aromatic heterocycles. The van der Waals surface area contributed by atoms with Crippen LogP contribution in [-0.2, 0) is 20.7 Å². The third-order valence-corrected chi connectivity index (χ3v) is 28.0. The molecule has 3 spiro atoms. The van der Waals surface area contributed by atoms with Crippen molar-refractivity contribution in [3.05, 3.63) is 36.1 Å². The summed E-state index contributed by atoms with van der Waals surface area (Å²) in [5.74, 6) is 0.880. The number of benzene rings is 1. The number of ether oxygens (including phenoxy) is 4. The smallest absolute Gasteiger partial charge is 0.306 e. The summed E-state index contributed by atoms with van der Waals surface area (Å²) in [6, 6.07) is 3.64. The Morgan fingerprint density at radius 1 is 0.914 bits per heavy atom. The predicted octanol–water partition coefficient (Wildman–Crippen LogP) is 7.02. The molecular formula is C61H93N3O13S4. The number of allylic oxidation sites excluding steroid dienone is 1. The van der Waals surface area contributed by atoms with Crippen LogP contribution < -0.4 is 25.4 Å². The highest BCUT2D eigenvalue weighted by molar-refractivity contribution is 8.77. The van der Waals surface area contributed by atoms with Crippen LogP contribution in [0.3, 0.4) is 0 Å². The van der Waals surface area contributed by atoms with Gasteiger partial charge < -0.3 is 75.1 Å². The Morgan fingerprint density at radius 2 is 1.72 bits per heavy atom. The van der Waals surface area contributed by atoms with Gasteiger partial charge in [0.1, 0.15) is 23.9 Å². The first-order valence-corrected chi connectivity index (χ1v) is 35.6. The van der Waals surface area contributed by atoms with E-state index in [1.165, 1.54) is 0 Å². The molecule has 0 amide bonds. The molecule has 81 heavy (non-hydrogen) atoms. The van der Waals surface area contributed by atoms with Gasteiger partial charge in [0.2, 0.25) is 12.0 Å². The highest BCUT2D eigenvalue weighted by atomic mass is 33.1. The summed E-state index contributed by atoms with van der Waals surface area (Å²) >= 11 is 0. The summed E-state index contributed by atoms with van der Waals surface area (Å²) in [5, 5.41) is 102. The van der Waals surface area contributed by atoms with Gasteiger partial charge in [0.25, 0.3) is 0 Å². The van der Waals surface area contributed by atoms with Crippen molar-refractivity contribution in [3.8, 4) is 11.5 Å². The number of carbonyl (C=O) groups excluding carboxylic acids is 1. The van der Waals surface area contributed by atoms with Crippen molar-refractivity contribution in [2.45, 2.75) is 181 Å². The second kappa shape index (κ2) is 25.0. The lowest BCUT2D eigenvalue weighted by Crippen LogP contribution is -2.86. The minimum atomic E-state index is -2.51. The lowest BCUT2D eigenvalue weighted by atomic mass is 9.50. The molecule has 1 aromatic carbocycles. The van der Waals surface area contributed by atoms with Gasteiger partial charge in [-0.3, -0.25) is 4.79 Å². The van der Waals surface area contributed by atoms with Gasteiger partial charge in [-0.25, -0.2) is 0 Å². The van der Waals surface area contributed by atoms with Crippen LogP contribution in [-0.4, -0.2) is 170 Å². The van der Waals surface area contributed by atoms with Crippen LogP contribution in [0, 0.1) is 58.7 Å². The van der Waals surface area contributed by atoms with E-state index in [2.05, 4.69) is 29.9 Å². The maximum atomic E-state index is 14.0. The van der Waals surface area contributed by atoms with Crippen molar-refractivity contribution in [2.75, 3.05) is 70.8 Å². The zero-order valence-corrected chi connectivity index (χ0v) is 51.3. The van der Waals surface area contributed by atoms with E-state index in [4.69, 9.17) is 23.4 Å². The van der Waals surface area contributed by atoms with Gasteiger partial charge in [-0.15, -0.1) is 0 Å². The molecule has 11 rings (SSSR count). The van der Waals surface area contributed by atoms with Crippen molar-refractivity contribution in [2.24, 2.45) is 58.7 Å². The minimum absolute atomic E-state index is 0.00632. The maximum absolute atomic E-state index is 14.0. The van der Waals surface area contributed by atoms with Crippen LogP contribution in [0.5, 0.6) is 11.5 Å². The maximum Gasteiger partial charge on any atom is 0.306 e. The number of carbonyl (C=O) groups is 1.